The van der Waals surface area contributed by atoms with Gasteiger partial charge in [-0.2, -0.15) is 0 Å². The maximum Gasteiger partial charge on any atom is 0.410 e. The second-order valence-electron chi connectivity index (χ2n) is 7.37. The highest BCUT2D eigenvalue weighted by molar-refractivity contribution is 7.21. The minimum Gasteiger partial charge on any atom is -0.497 e. The number of piperazine rings is 1. The molecule has 0 unspecified atom stereocenters. The summed E-state index contributed by atoms with van der Waals surface area (Å²) >= 11 is 7.85. The minimum atomic E-state index is -0.532. The zero-order valence-electron chi connectivity index (χ0n) is 15.9. The van der Waals surface area contributed by atoms with Crippen molar-refractivity contribution in [2.75, 3.05) is 33.3 Å². The maximum atomic E-state index is 12.9. The number of thiophene rings is 1. The van der Waals surface area contributed by atoms with Gasteiger partial charge in [0.15, 0.2) is 0 Å². The molecule has 146 valence electrons. The lowest BCUT2D eigenvalue weighted by molar-refractivity contribution is 0.0141. The van der Waals surface area contributed by atoms with Crippen molar-refractivity contribution in [3.63, 3.8) is 0 Å². The lowest BCUT2D eigenvalue weighted by atomic mass is 10.2. The molecule has 0 aliphatic carbocycles. The third-order valence-electron chi connectivity index (χ3n) is 4.25. The van der Waals surface area contributed by atoms with Crippen molar-refractivity contribution in [3.05, 3.63) is 28.1 Å². The molecule has 0 saturated carbocycles. The topological polar surface area (TPSA) is 59.1 Å². The Morgan fingerprint density at radius 3 is 2.33 bits per heavy atom. The van der Waals surface area contributed by atoms with E-state index in [4.69, 9.17) is 21.1 Å². The van der Waals surface area contributed by atoms with Crippen molar-refractivity contribution >= 4 is 45.0 Å². The van der Waals surface area contributed by atoms with E-state index in [0.29, 0.717) is 41.8 Å². The smallest absolute Gasteiger partial charge is 0.410 e. The van der Waals surface area contributed by atoms with E-state index in [1.165, 1.54) is 11.3 Å². The Labute approximate surface area is 167 Å². The molecule has 8 heteroatoms. The average molecular weight is 411 g/mol. The summed E-state index contributed by atoms with van der Waals surface area (Å²) in [6.45, 7) is 7.29. The van der Waals surface area contributed by atoms with E-state index in [2.05, 4.69) is 0 Å². The van der Waals surface area contributed by atoms with E-state index < -0.39 is 5.60 Å². The van der Waals surface area contributed by atoms with Gasteiger partial charge in [-0.15, -0.1) is 11.3 Å². The van der Waals surface area contributed by atoms with Crippen LogP contribution >= 0.6 is 22.9 Å². The van der Waals surface area contributed by atoms with Crippen LogP contribution in [0, 0.1) is 0 Å². The van der Waals surface area contributed by atoms with Crippen molar-refractivity contribution in [1.29, 1.82) is 0 Å². The van der Waals surface area contributed by atoms with Crippen molar-refractivity contribution in [3.8, 4) is 5.75 Å². The number of hydrogen-bond acceptors (Lipinski definition) is 5. The first-order valence-corrected chi connectivity index (χ1v) is 9.92. The van der Waals surface area contributed by atoms with Crippen LogP contribution in [-0.2, 0) is 4.74 Å². The SMILES string of the molecule is COc1ccc2sc(C(=O)N3CCN(C(=O)OC(C)(C)C)CC3)c(Cl)c2c1. The number of ether oxygens (including phenoxy) is 2. The summed E-state index contributed by atoms with van der Waals surface area (Å²) in [5.74, 6) is 0.594. The van der Waals surface area contributed by atoms with Crippen LogP contribution in [0.1, 0.15) is 30.4 Å². The van der Waals surface area contributed by atoms with Gasteiger partial charge in [-0.05, 0) is 39.0 Å². The fourth-order valence-corrected chi connectivity index (χ4v) is 4.33. The number of benzene rings is 1. The standard InChI is InChI=1S/C19H23ClN2O4S/c1-19(2,3)26-18(24)22-9-7-21(8-10-22)17(23)16-15(20)13-11-12(25-4)5-6-14(13)27-16/h5-6,11H,7-10H2,1-4H3. The molecule has 1 aliphatic heterocycles. The number of amides is 2. The summed E-state index contributed by atoms with van der Waals surface area (Å²) in [6, 6.07) is 5.59. The molecule has 0 radical (unpaired) electrons. The number of carbonyl (C=O) groups excluding carboxylic acids is 2. The van der Waals surface area contributed by atoms with E-state index in [1.807, 2.05) is 39.0 Å². The van der Waals surface area contributed by atoms with E-state index in [9.17, 15) is 9.59 Å². The van der Waals surface area contributed by atoms with Crippen LogP contribution in [0.15, 0.2) is 18.2 Å². The van der Waals surface area contributed by atoms with Crippen LogP contribution in [0.3, 0.4) is 0 Å². The molecule has 1 saturated heterocycles. The third kappa shape index (κ3) is 4.30. The van der Waals surface area contributed by atoms with E-state index in [0.717, 1.165) is 10.1 Å². The molecule has 3 rings (SSSR count). The number of nitrogens with zero attached hydrogens (tertiary/aromatic N) is 2. The predicted octanol–water partition coefficient (Wildman–Crippen LogP) is 4.26. The first-order chi connectivity index (χ1) is 12.7. The van der Waals surface area contributed by atoms with Crippen molar-refractivity contribution in [2.45, 2.75) is 26.4 Å². The highest BCUT2D eigenvalue weighted by Crippen LogP contribution is 2.38. The van der Waals surface area contributed by atoms with Crippen molar-refractivity contribution in [1.82, 2.24) is 9.80 Å². The molecule has 0 atom stereocenters. The fraction of sp³-hybridized carbons (Fsp3) is 0.474. The number of rotatable bonds is 2. The molecule has 1 aliphatic rings. The highest BCUT2D eigenvalue weighted by Gasteiger charge is 2.30. The van der Waals surface area contributed by atoms with Gasteiger partial charge in [0.2, 0.25) is 0 Å². The molecule has 1 fully saturated rings. The van der Waals surface area contributed by atoms with Gasteiger partial charge in [-0.25, -0.2) is 4.79 Å². The molecule has 1 aromatic heterocycles. The number of carbonyl (C=O) groups is 2. The van der Waals surface area contributed by atoms with Gasteiger partial charge in [0.1, 0.15) is 16.2 Å². The van der Waals surface area contributed by atoms with Gasteiger partial charge >= 0.3 is 6.09 Å². The second kappa shape index (κ2) is 7.56. The molecule has 0 N–H and O–H groups in total. The molecule has 0 bridgehead atoms. The van der Waals surface area contributed by atoms with Gasteiger partial charge in [-0.1, -0.05) is 11.6 Å². The van der Waals surface area contributed by atoms with Crippen molar-refractivity contribution < 1.29 is 19.1 Å². The molecule has 1 aromatic carbocycles. The van der Waals surface area contributed by atoms with Crippen LogP contribution in [0.2, 0.25) is 5.02 Å². The highest BCUT2D eigenvalue weighted by atomic mass is 35.5. The largest absolute Gasteiger partial charge is 0.497 e. The summed E-state index contributed by atoms with van der Waals surface area (Å²) in [6.07, 6.45) is -0.346. The zero-order valence-corrected chi connectivity index (χ0v) is 17.4. The Bertz CT molecular complexity index is 866. The van der Waals surface area contributed by atoms with Crippen LogP contribution in [0.5, 0.6) is 5.75 Å². The lowest BCUT2D eigenvalue weighted by Crippen LogP contribution is -2.51. The second-order valence-corrected chi connectivity index (χ2v) is 8.80. The van der Waals surface area contributed by atoms with Crippen LogP contribution in [-0.4, -0.2) is 60.7 Å². The third-order valence-corrected chi connectivity index (χ3v) is 5.91. The molecule has 2 amide bonds. The molecule has 0 spiro atoms. The Hall–Kier alpha value is -1.99. The molecular formula is C19H23ClN2O4S. The number of methoxy groups -OCH3 is 1. The van der Waals surface area contributed by atoms with E-state index >= 15 is 0 Å². The minimum absolute atomic E-state index is 0.107. The molecular weight excluding hydrogens is 388 g/mol. The predicted molar refractivity (Wildman–Crippen MR) is 107 cm³/mol. The summed E-state index contributed by atoms with van der Waals surface area (Å²) in [4.78, 5) is 29.0. The van der Waals surface area contributed by atoms with Gasteiger partial charge in [0.05, 0.1) is 12.1 Å². The van der Waals surface area contributed by atoms with E-state index in [-0.39, 0.29) is 12.0 Å². The first kappa shape index (κ1) is 19.8. The Morgan fingerprint density at radius 2 is 1.74 bits per heavy atom. The summed E-state index contributed by atoms with van der Waals surface area (Å²) < 4.78 is 11.6. The lowest BCUT2D eigenvalue weighted by Gasteiger charge is -2.35. The fourth-order valence-electron chi connectivity index (χ4n) is 2.87. The monoisotopic (exact) mass is 410 g/mol. The molecule has 2 aromatic rings. The average Bonchev–Trinajstić information content (AvgIpc) is 2.96. The normalized spacial score (nSPS) is 15.1. The maximum absolute atomic E-state index is 12.9. The van der Waals surface area contributed by atoms with Crippen molar-refractivity contribution in [2.24, 2.45) is 0 Å². The molecule has 6 nitrogen and oxygen atoms in total. The first-order valence-electron chi connectivity index (χ1n) is 8.73. The van der Waals surface area contributed by atoms with Crippen LogP contribution < -0.4 is 4.74 Å². The Morgan fingerprint density at radius 1 is 1.11 bits per heavy atom. The molecule has 2 heterocycles. The number of fused-ring (bicyclic) bond motifs is 1. The summed E-state index contributed by atoms with van der Waals surface area (Å²) in [5.41, 5.74) is -0.532. The number of hydrogen-bond donors (Lipinski definition) is 0. The zero-order chi connectivity index (χ0) is 19.8. The summed E-state index contributed by atoms with van der Waals surface area (Å²) in [7, 11) is 1.59. The van der Waals surface area contributed by atoms with Gasteiger partial charge in [0.25, 0.3) is 5.91 Å². The Kier molecular flexibility index (Phi) is 5.53. The van der Waals surface area contributed by atoms with Gasteiger partial charge < -0.3 is 19.3 Å². The summed E-state index contributed by atoms with van der Waals surface area (Å²) in [5, 5.41) is 1.27. The molecule has 27 heavy (non-hydrogen) atoms. The quantitative estimate of drug-likeness (QED) is 0.742. The van der Waals surface area contributed by atoms with Gasteiger partial charge in [0, 0.05) is 36.3 Å². The van der Waals surface area contributed by atoms with E-state index in [1.54, 1.807) is 16.9 Å². The number of halogens is 1. The Balaban J connectivity index is 1.70. The van der Waals surface area contributed by atoms with Gasteiger partial charge in [-0.3, -0.25) is 4.79 Å². The van der Waals surface area contributed by atoms with Crippen LogP contribution in [0.4, 0.5) is 4.79 Å². The van der Waals surface area contributed by atoms with Crippen LogP contribution in [0.25, 0.3) is 10.1 Å².